The number of benzene rings is 8. The lowest BCUT2D eigenvalue weighted by Crippen LogP contribution is -2.21. The fourth-order valence-electron chi connectivity index (χ4n) is 15.2. The van der Waals surface area contributed by atoms with E-state index >= 15 is 0 Å². The second kappa shape index (κ2) is 38.6. The van der Waals surface area contributed by atoms with E-state index in [2.05, 4.69) is 144 Å². The topological polar surface area (TPSA) is 152 Å². The number of ether oxygens (including phenoxy) is 1. The molecule has 20 rings (SSSR count). The number of aryl methyl sites for hydroxylation is 8. The Hall–Kier alpha value is -10.0. The molecule has 600 valence electrons. The fourth-order valence-corrected chi connectivity index (χ4v) is 22.9. The van der Waals surface area contributed by atoms with Crippen molar-refractivity contribution >= 4 is 152 Å². The maximum absolute atomic E-state index is 13.2. The summed E-state index contributed by atoms with van der Waals surface area (Å²) in [6.45, 7) is 14.0. The monoisotopic (exact) mass is 1760 g/mol. The van der Waals surface area contributed by atoms with E-state index in [1.807, 2.05) is 84.9 Å². The van der Waals surface area contributed by atoms with Crippen LogP contribution in [-0.4, -0.2) is 58.4 Å². The van der Waals surface area contributed by atoms with Crippen LogP contribution in [0.1, 0.15) is 172 Å². The molecule has 0 saturated heterocycles. The van der Waals surface area contributed by atoms with Crippen molar-refractivity contribution in [2.24, 2.45) is 0 Å². The molecule has 0 amide bonds. The second-order valence-corrected chi connectivity index (χ2v) is 38.6. The Morgan fingerprint density at radius 1 is 0.395 bits per heavy atom. The molecule has 0 fully saturated rings. The largest absolute Gasteiger partial charge is 0.508 e. The van der Waals surface area contributed by atoms with Crippen molar-refractivity contribution in [3.63, 3.8) is 0 Å². The highest BCUT2D eigenvalue weighted by Crippen LogP contribution is 2.45. The van der Waals surface area contributed by atoms with Gasteiger partial charge in [0.2, 0.25) is 0 Å². The summed E-state index contributed by atoms with van der Waals surface area (Å²) < 4.78 is 21.0. The number of halogens is 2. The number of aromatic hydroxyl groups is 1. The number of Topliss-reactive ketones (excluding diaryl/α,β-unsaturated/α-hetero) is 6. The highest BCUT2D eigenvalue weighted by atomic mass is 79.9. The van der Waals surface area contributed by atoms with Crippen LogP contribution in [0.4, 0.5) is 4.39 Å². The third-order valence-corrected chi connectivity index (χ3v) is 30.9. The molecule has 5 aliphatic rings. The van der Waals surface area contributed by atoms with E-state index in [1.165, 1.54) is 133 Å². The van der Waals surface area contributed by atoms with Crippen molar-refractivity contribution in [2.75, 3.05) is 6.61 Å². The van der Waals surface area contributed by atoms with Crippen molar-refractivity contribution in [3.05, 3.63) is 331 Å². The number of carbonyl (C=O) groups excluding carboxylic acids is 6. The highest BCUT2D eigenvalue weighted by molar-refractivity contribution is 9.10. The van der Waals surface area contributed by atoms with Crippen LogP contribution in [0.5, 0.6) is 11.5 Å². The van der Waals surface area contributed by atoms with E-state index in [0.29, 0.717) is 5.92 Å². The van der Waals surface area contributed by atoms with Crippen LogP contribution in [-0.2, 0) is 57.8 Å². The molecule has 9 nitrogen and oxygen atoms in total. The summed E-state index contributed by atoms with van der Waals surface area (Å²) in [6.07, 6.45) is 10.5. The number of fused-ring (bicyclic) bond motifs is 12. The molecular formula is C100H87BBrFO9S7. The summed E-state index contributed by atoms with van der Waals surface area (Å²) in [5.74, 6) is 2.53. The van der Waals surface area contributed by atoms with Gasteiger partial charge in [-0.1, -0.05) is 150 Å². The molecule has 19 heteroatoms. The van der Waals surface area contributed by atoms with Crippen LogP contribution in [0, 0.1) is 12.7 Å². The van der Waals surface area contributed by atoms with Gasteiger partial charge in [0.1, 0.15) is 17.3 Å². The molecule has 1 unspecified atom stereocenters. The molecule has 1 aliphatic heterocycles. The SMILES string of the molecule is CB(O)c1ccc(-c2ccccc2)s1.CC(=O)c1cc2c(s1)-c1ccc(Br)cc1CC2.CC(=O)c1cc2c(s1)-c1ccc(C)cc1CC2.CC(=O)c1cc2c(s1)-c1ccc(F)cc1CC2.CC(=O)c1ccc(-c2ccc3cc(O)ccc3c2)s1.CC(=O)c1ccc(-c2cccc3c2OCC3)s1.CC(=O)c1ccc(C2CCc3ccccc3C2)s1. The van der Waals surface area contributed by atoms with E-state index in [1.54, 1.807) is 112 Å². The number of rotatable bonds is 11. The number of ketones is 6. The summed E-state index contributed by atoms with van der Waals surface area (Å²) >= 11 is 14.7. The maximum atomic E-state index is 13.2. The Morgan fingerprint density at radius 2 is 0.891 bits per heavy atom. The molecular weight excluding hydrogens is 1680 g/mol. The van der Waals surface area contributed by atoms with Crippen LogP contribution in [0.3, 0.4) is 0 Å². The average Bonchev–Trinajstić information content (AvgIpc) is 1.67. The number of phenolic OH excluding ortho intramolecular Hbond substituents is 1. The summed E-state index contributed by atoms with van der Waals surface area (Å²) in [5.41, 5.74) is 20.4. The molecule has 8 aromatic carbocycles. The maximum Gasteiger partial charge on any atom is 0.330 e. The predicted molar refractivity (Wildman–Crippen MR) is 501 cm³/mol. The molecule has 1 atom stereocenters. The summed E-state index contributed by atoms with van der Waals surface area (Å²) in [6, 6.07) is 76.5. The van der Waals surface area contributed by atoms with Gasteiger partial charge >= 0.3 is 6.92 Å². The molecule has 2 N–H and O–H groups in total. The lowest BCUT2D eigenvalue weighted by atomic mass is 9.70. The standard InChI is InChI=1S/C16H12O2S.C16H16OS.C15H14OS.C14H11BrOS.C14H11FOS.C14H12O2S.C11H11BOS/c1-10(17)15-6-7-16(19-15)13-3-2-12-9-14(18)5-4-11(12)8-13;1-11(17)15-8-9-16(18-15)14-7-6-12-4-2-3-5-13(12)10-14;1-9-3-6-13-11(7-9)4-5-12-8-14(10(2)16)17-15(12)13;2*1-8(16)13-7-10-3-2-9-6-11(15)4-5-12(9)14(10)17-13;1-9(15)12-5-6-13(17-12)11-4-2-3-10-7-8-16-14(10)11;1-12(13)11-8-7-10(14-11)9-5-3-2-4-6-9/h2-9,18H,1H3;2-5,8-9,14H,6-7,10H2,1H3;3,6-8H,4-5H2,1-2H3;2*4-7H,2-3H2,1H3;2-6H,7-8H2,1H3;2-8,13H,1H3. The van der Waals surface area contributed by atoms with Crippen molar-refractivity contribution in [3.8, 4) is 74.1 Å². The first-order valence-corrected chi connectivity index (χ1v) is 46.1. The van der Waals surface area contributed by atoms with Crippen LogP contribution >= 0.6 is 95.3 Å². The van der Waals surface area contributed by atoms with Crippen LogP contribution in [0.15, 0.2) is 235 Å². The Kier molecular flexibility index (Phi) is 27.7. The zero-order valence-electron chi connectivity index (χ0n) is 67.2. The van der Waals surface area contributed by atoms with Gasteiger partial charge in [0.05, 0.1) is 35.9 Å². The highest BCUT2D eigenvalue weighted by Gasteiger charge is 2.27. The summed E-state index contributed by atoms with van der Waals surface area (Å²) in [4.78, 5) is 81.8. The fraction of sp³-hybridized carbons (Fsp3) is 0.200. The van der Waals surface area contributed by atoms with Gasteiger partial charge in [-0.3, -0.25) is 28.8 Å². The minimum Gasteiger partial charge on any atom is -0.508 e. The Morgan fingerprint density at radius 3 is 1.48 bits per heavy atom. The third kappa shape index (κ3) is 20.7. The first-order valence-electron chi connectivity index (χ1n) is 39.6. The molecule has 0 radical (unpaired) electrons. The van der Waals surface area contributed by atoms with Crippen LogP contribution in [0.2, 0.25) is 6.82 Å². The predicted octanol–water partition coefficient (Wildman–Crippen LogP) is 26.8. The number of hydrogen-bond acceptors (Lipinski definition) is 16. The Bertz CT molecular complexity index is 6040. The molecule has 0 saturated carbocycles. The first-order chi connectivity index (χ1) is 57.3. The quantitative estimate of drug-likeness (QED) is 0.0952. The first kappa shape index (κ1) is 85.4. The Labute approximate surface area is 730 Å². The molecule has 4 aliphatic carbocycles. The zero-order valence-corrected chi connectivity index (χ0v) is 74.5. The van der Waals surface area contributed by atoms with E-state index in [4.69, 9.17) is 4.74 Å². The van der Waals surface area contributed by atoms with Crippen molar-refractivity contribution < 1.29 is 48.0 Å². The van der Waals surface area contributed by atoms with Crippen molar-refractivity contribution in [1.82, 2.24) is 0 Å². The van der Waals surface area contributed by atoms with Gasteiger partial charge in [-0.05, 0) is 310 Å². The molecule has 15 aromatic rings. The van der Waals surface area contributed by atoms with E-state index in [0.717, 1.165) is 156 Å². The lowest BCUT2D eigenvalue weighted by Gasteiger charge is -2.23. The number of thiophene rings is 7. The van der Waals surface area contributed by atoms with Gasteiger partial charge in [0.15, 0.2) is 34.7 Å². The normalized spacial score (nSPS) is 13.2. The van der Waals surface area contributed by atoms with Crippen molar-refractivity contribution in [2.45, 2.75) is 125 Å². The van der Waals surface area contributed by atoms with Gasteiger partial charge in [0, 0.05) is 55.4 Å². The van der Waals surface area contributed by atoms with Gasteiger partial charge < -0.3 is 14.9 Å². The van der Waals surface area contributed by atoms with Crippen LogP contribution < -0.4 is 9.51 Å². The van der Waals surface area contributed by atoms with Crippen molar-refractivity contribution in [1.29, 1.82) is 0 Å². The van der Waals surface area contributed by atoms with Gasteiger partial charge in [-0.2, -0.15) is 0 Å². The number of hydrogen-bond donors (Lipinski definition) is 2. The molecule has 8 heterocycles. The van der Waals surface area contributed by atoms with Gasteiger partial charge in [-0.25, -0.2) is 4.39 Å². The molecule has 0 bridgehead atoms. The minimum absolute atomic E-state index is 0.0990. The smallest absolute Gasteiger partial charge is 0.330 e. The average molecular weight is 1770 g/mol. The second-order valence-electron chi connectivity index (χ2n) is 30.1. The minimum atomic E-state index is -0.363. The number of carbonyl (C=O) groups is 6. The van der Waals surface area contributed by atoms with Crippen LogP contribution in [0.25, 0.3) is 73.4 Å². The molecule has 119 heavy (non-hydrogen) atoms. The number of phenols is 1. The van der Waals surface area contributed by atoms with Gasteiger partial charge in [-0.15, -0.1) is 79.4 Å². The number of para-hydroxylation sites is 1. The van der Waals surface area contributed by atoms with Gasteiger partial charge in [0.25, 0.3) is 0 Å². The van der Waals surface area contributed by atoms with E-state index < -0.39 is 0 Å². The third-order valence-electron chi connectivity index (χ3n) is 21.4. The summed E-state index contributed by atoms with van der Waals surface area (Å²) in [5, 5.41) is 20.9. The Balaban J connectivity index is 0.000000114. The summed E-state index contributed by atoms with van der Waals surface area (Å²) in [7, 11) is 0. The van der Waals surface area contributed by atoms with E-state index in [9.17, 15) is 43.3 Å². The molecule has 0 spiro atoms. The lowest BCUT2D eigenvalue weighted by molar-refractivity contribution is 0.101. The molecule has 7 aromatic heterocycles. The van der Waals surface area contributed by atoms with E-state index in [-0.39, 0.29) is 53.2 Å². The zero-order chi connectivity index (χ0) is 83.7.